The van der Waals surface area contributed by atoms with Crippen LogP contribution in [0.2, 0.25) is 0 Å². The van der Waals surface area contributed by atoms with Crippen molar-refractivity contribution in [3.8, 4) is 5.75 Å². The molecule has 2 N–H and O–H groups in total. The molecular formula is C32H30F4N2O2. The lowest BCUT2D eigenvalue weighted by molar-refractivity contribution is -0.123. The summed E-state index contributed by atoms with van der Waals surface area (Å²) in [7, 11) is 1.57. The van der Waals surface area contributed by atoms with Crippen LogP contribution < -0.4 is 10.1 Å². The summed E-state index contributed by atoms with van der Waals surface area (Å²) in [6.45, 7) is 0.461. The predicted octanol–water partition coefficient (Wildman–Crippen LogP) is 8.07. The maximum absolute atomic E-state index is 14.4. The smallest absolute Gasteiger partial charge is 0.393 e. The Labute approximate surface area is 230 Å². The van der Waals surface area contributed by atoms with Crippen molar-refractivity contribution in [2.24, 2.45) is 0 Å². The summed E-state index contributed by atoms with van der Waals surface area (Å²) in [5, 5.41) is 2.83. The summed E-state index contributed by atoms with van der Waals surface area (Å²) in [5.41, 5.74) is 2.51. The minimum absolute atomic E-state index is 0.0990. The number of halogens is 4. The number of hydrogen-bond acceptors (Lipinski definition) is 2. The molecule has 0 saturated carbocycles. The molecule has 0 spiro atoms. The van der Waals surface area contributed by atoms with Gasteiger partial charge in [0.05, 0.1) is 13.0 Å². The SMILES string of the molecule is CNC(=O)/C=C/CCCCOc1ccc(/C(=C(/CC(F)(F)F)c2ccccc2)c2ccc3[nH]cc(F)c3c2)cc1. The highest BCUT2D eigenvalue weighted by atomic mass is 19.4. The van der Waals surface area contributed by atoms with E-state index in [0.29, 0.717) is 45.5 Å². The van der Waals surface area contributed by atoms with Gasteiger partial charge in [0.25, 0.3) is 0 Å². The summed E-state index contributed by atoms with van der Waals surface area (Å²) in [5.74, 6) is -0.0251. The Kier molecular flexibility index (Phi) is 9.43. The number of unbranched alkanes of at least 4 members (excludes halogenated alkanes) is 2. The van der Waals surface area contributed by atoms with E-state index >= 15 is 0 Å². The molecule has 0 atom stereocenters. The van der Waals surface area contributed by atoms with E-state index in [1.807, 2.05) is 6.08 Å². The number of ether oxygens (including phenoxy) is 1. The van der Waals surface area contributed by atoms with Gasteiger partial charge in [-0.15, -0.1) is 0 Å². The van der Waals surface area contributed by atoms with Gasteiger partial charge in [0.15, 0.2) is 0 Å². The summed E-state index contributed by atoms with van der Waals surface area (Å²) in [6, 6.07) is 20.3. The van der Waals surface area contributed by atoms with Gasteiger partial charge in [0, 0.05) is 24.1 Å². The number of fused-ring (bicyclic) bond motifs is 1. The van der Waals surface area contributed by atoms with Crippen molar-refractivity contribution in [3.63, 3.8) is 0 Å². The van der Waals surface area contributed by atoms with Gasteiger partial charge in [-0.1, -0.05) is 54.6 Å². The molecule has 0 saturated heterocycles. The third-order valence-corrected chi connectivity index (χ3v) is 6.41. The Balaban J connectivity index is 1.64. The topological polar surface area (TPSA) is 54.1 Å². The van der Waals surface area contributed by atoms with Gasteiger partial charge in [-0.25, -0.2) is 4.39 Å². The Morgan fingerprint density at radius 2 is 1.68 bits per heavy atom. The normalized spacial score (nSPS) is 12.5. The minimum Gasteiger partial charge on any atom is -0.494 e. The monoisotopic (exact) mass is 550 g/mol. The molecule has 0 aliphatic rings. The lowest BCUT2D eigenvalue weighted by atomic mass is 9.87. The van der Waals surface area contributed by atoms with Crippen molar-refractivity contribution < 1.29 is 27.1 Å². The fourth-order valence-corrected chi connectivity index (χ4v) is 4.48. The van der Waals surface area contributed by atoms with Crippen molar-refractivity contribution >= 4 is 28.0 Å². The predicted molar refractivity (Wildman–Crippen MR) is 150 cm³/mol. The molecule has 0 aliphatic carbocycles. The number of benzene rings is 3. The van der Waals surface area contributed by atoms with Crippen molar-refractivity contribution in [1.82, 2.24) is 10.3 Å². The highest BCUT2D eigenvalue weighted by Crippen LogP contribution is 2.40. The standard InChI is InChI=1S/C32H30F4N2O2/c1-37-30(39)11-7-2-3-8-18-40-25-15-12-23(13-16-25)31(24-14-17-29-26(19-24)28(33)21-38-29)27(20-32(34,35)36)22-9-5-4-6-10-22/h4-7,9-17,19,21,38H,2-3,8,18,20H2,1H3,(H,37,39)/b11-7+,31-27+. The summed E-state index contributed by atoms with van der Waals surface area (Å²) in [6.07, 6.45) is 1.29. The Morgan fingerprint density at radius 3 is 2.38 bits per heavy atom. The first-order chi connectivity index (χ1) is 19.2. The molecule has 1 amide bonds. The lowest BCUT2D eigenvalue weighted by Crippen LogP contribution is -2.13. The second-order valence-corrected chi connectivity index (χ2v) is 9.29. The van der Waals surface area contributed by atoms with Crippen molar-refractivity contribution in [3.05, 3.63) is 114 Å². The van der Waals surface area contributed by atoms with Gasteiger partial charge < -0.3 is 15.0 Å². The fraction of sp³-hybridized carbons (Fsp3) is 0.219. The van der Waals surface area contributed by atoms with Crippen LogP contribution in [0.25, 0.3) is 22.0 Å². The van der Waals surface area contributed by atoms with Gasteiger partial charge in [-0.2, -0.15) is 13.2 Å². The van der Waals surface area contributed by atoms with Crippen LogP contribution in [0.3, 0.4) is 0 Å². The lowest BCUT2D eigenvalue weighted by Gasteiger charge is -2.19. The van der Waals surface area contributed by atoms with Crippen LogP contribution in [0.5, 0.6) is 5.75 Å². The zero-order valence-electron chi connectivity index (χ0n) is 22.0. The van der Waals surface area contributed by atoms with Crippen LogP contribution in [-0.4, -0.2) is 30.7 Å². The number of alkyl halides is 3. The third kappa shape index (κ3) is 7.62. The number of carbonyl (C=O) groups is 1. The minimum atomic E-state index is -4.46. The van der Waals surface area contributed by atoms with Crippen LogP contribution in [-0.2, 0) is 4.79 Å². The van der Waals surface area contributed by atoms with E-state index in [1.165, 1.54) is 12.3 Å². The zero-order valence-corrected chi connectivity index (χ0v) is 22.0. The van der Waals surface area contributed by atoms with Crippen molar-refractivity contribution in [2.45, 2.75) is 31.9 Å². The van der Waals surface area contributed by atoms with E-state index in [1.54, 1.807) is 79.8 Å². The molecule has 8 heteroatoms. The molecular weight excluding hydrogens is 520 g/mol. The Bertz CT molecular complexity index is 1490. The molecule has 3 aromatic carbocycles. The van der Waals surface area contributed by atoms with E-state index in [4.69, 9.17) is 4.74 Å². The van der Waals surface area contributed by atoms with Gasteiger partial charge in [-0.3, -0.25) is 4.79 Å². The number of rotatable bonds is 11. The first kappa shape index (κ1) is 28.7. The van der Waals surface area contributed by atoms with Crippen LogP contribution in [0.15, 0.2) is 91.1 Å². The van der Waals surface area contributed by atoms with E-state index in [0.717, 1.165) is 19.3 Å². The molecule has 4 aromatic rings. The van der Waals surface area contributed by atoms with Crippen LogP contribution in [0, 0.1) is 5.82 Å². The van der Waals surface area contributed by atoms with E-state index in [9.17, 15) is 22.4 Å². The summed E-state index contributed by atoms with van der Waals surface area (Å²) in [4.78, 5) is 14.0. The maximum atomic E-state index is 14.4. The van der Waals surface area contributed by atoms with Crippen molar-refractivity contribution in [2.75, 3.05) is 13.7 Å². The number of nitrogens with one attached hydrogen (secondary N) is 2. The Hall–Kier alpha value is -4.33. The van der Waals surface area contributed by atoms with E-state index in [2.05, 4.69) is 10.3 Å². The molecule has 40 heavy (non-hydrogen) atoms. The second kappa shape index (κ2) is 13.2. The van der Waals surface area contributed by atoms with E-state index < -0.39 is 18.4 Å². The molecule has 0 radical (unpaired) electrons. The molecule has 4 nitrogen and oxygen atoms in total. The molecule has 1 aromatic heterocycles. The van der Waals surface area contributed by atoms with Gasteiger partial charge in [0.2, 0.25) is 5.91 Å². The average Bonchev–Trinajstić information content (AvgIpc) is 3.32. The number of carbonyl (C=O) groups excluding carboxylic acids is 1. The zero-order chi connectivity index (χ0) is 28.5. The second-order valence-electron chi connectivity index (χ2n) is 9.29. The number of allylic oxidation sites excluding steroid dienone is 2. The molecule has 0 bridgehead atoms. The van der Waals surface area contributed by atoms with Gasteiger partial charge >= 0.3 is 6.18 Å². The average molecular weight is 551 g/mol. The number of amides is 1. The third-order valence-electron chi connectivity index (χ3n) is 6.41. The van der Waals surface area contributed by atoms with Crippen LogP contribution >= 0.6 is 0 Å². The molecule has 4 rings (SSSR count). The van der Waals surface area contributed by atoms with Gasteiger partial charge in [-0.05, 0) is 77.4 Å². The highest BCUT2D eigenvalue weighted by Gasteiger charge is 2.31. The van der Waals surface area contributed by atoms with Gasteiger partial charge in [0.1, 0.15) is 11.6 Å². The van der Waals surface area contributed by atoms with E-state index in [-0.39, 0.29) is 11.5 Å². The number of aromatic amines is 1. The molecule has 1 heterocycles. The van der Waals surface area contributed by atoms with Crippen LogP contribution in [0.1, 0.15) is 42.4 Å². The molecule has 0 aliphatic heterocycles. The fourth-order valence-electron chi connectivity index (χ4n) is 4.48. The first-order valence-electron chi connectivity index (χ1n) is 13.0. The summed E-state index contributed by atoms with van der Waals surface area (Å²) < 4.78 is 61.9. The van der Waals surface area contributed by atoms with Crippen LogP contribution in [0.4, 0.5) is 17.6 Å². The van der Waals surface area contributed by atoms with Crippen molar-refractivity contribution in [1.29, 1.82) is 0 Å². The summed E-state index contributed by atoms with van der Waals surface area (Å²) >= 11 is 0. The number of hydrogen-bond donors (Lipinski definition) is 2. The first-order valence-corrected chi connectivity index (χ1v) is 13.0. The number of aromatic nitrogens is 1. The maximum Gasteiger partial charge on any atom is 0.393 e. The number of likely N-dealkylation sites (N-methyl/N-ethyl adjacent to an activating group) is 1. The quantitative estimate of drug-likeness (QED) is 0.0859. The highest BCUT2D eigenvalue weighted by molar-refractivity contribution is 6.00. The largest absolute Gasteiger partial charge is 0.494 e. The number of H-pyrrole nitrogens is 1. The molecule has 208 valence electrons. The Morgan fingerprint density at radius 1 is 0.950 bits per heavy atom. The molecule has 0 unspecified atom stereocenters. The molecule has 0 fully saturated rings.